The van der Waals surface area contributed by atoms with Crippen LogP contribution < -0.4 is 5.32 Å². The zero-order valence-electron chi connectivity index (χ0n) is 10.2. The molecule has 0 radical (unpaired) electrons. The van der Waals surface area contributed by atoms with E-state index in [0.717, 1.165) is 16.9 Å². The number of nitrogens with zero attached hydrogens (tertiary/aromatic N) is 2. The Morgan fingerprint density at radius 1 is 1.28 bits per heavy atom. The van der Waals surface area contributed by atoms with Gasteiger partial charge in [0.05, 0.1) is 12.2 Å². The summed E-state index contributed by atoms with van der Waals surface area (Å²) in [4.78, 5) is 8.28. The second-order valence-corrected chi connectivity index (χ2v) is 4.42. The van der Waals surface area contributed by atoms with Gasteiger partial charge in [-0.1, -0.05) is 11.6 Å². The van der Waals surface area contributed by atoms with E-state index >= 15 is 0 Å². The fourth-order valence-corrected chi connectivity index (χ4v) is 1.92. The molecule has 0 aliphatic carbocycles. The maximum atomic E-state index is 9.70. The van der Waals surface area contributed by atoms with Gasteiger partial charge in [0, 0.05) is 11.9 Å². The third-order valence-electron chi connectivity index (χ3n) is 2.64. The standard InChI is InChI=1S/C13H14ClN3O/c1-8-5-6-15-13(14)12(8)16-7-10-11(18)4-3-9(2)17-10/h3-6,16,18H,7H2,1-2H3. The molecule has 2 aromatic heterocycles. The minimum Gasteiger partial charge on any atom is -0.506 e. The lowest BCUT2D eigenvalue weighted by Gasteiger charge is -2.11. The smallest absolute Gasteiger partial charge is 0.152 e. The molecule has 2 aromatic rings. The molecule has 0 spiro atoms. The van der Waals surface area contributed by atoms with Gasteiger partial charge in [-0.25, -0.2) is 4.98 Å². The van der Waals surface area contributed by atoms with Crippen molar-refractivity contribution in [3.05, 3.63) is 46.5 Å². The molecule has 2 heterocycles. The summed E-state index contributed by atoms with van der Waals surface area (Å²) in [7, 11) is 0. The second kappa shape index (κ2) is 5.23. The van der Waals surface area contributed by atoms with Crippen molar-refractivity contribution in [2.24, 2.45) is 0 Å². The van der Waals surface area contributed by atoms with Gasteiger partial charge in [-0.2, -0.15) is 0 Å². The molecule has 2 rings (SSSR count). The highest BCUT2D eigenvalue weighted by Gasteiger charge is 2.07. The van der Waals surface area contributed by atoms with E-state index in [-0.39, 0.29) is 5.75 Å². The van der Waals surface area contributed by atoms with Gasteiger partial charge in [-0.05, 0) is 37.6 Å². The monoisotopic (exact) mass is 263 g/mol. The predicted molar refractivity (Wildman–Crippen MR) is 71.9 cm³/mol. The van der Waals surface area contributed by atoms with E-state index < -0.39 is 0 Å². The van der Waals surface area contributed by atoms with Gasteiger partial charge >= 0.3 is 0 Å². The normalized spacial score (nSPS) is 10.4. The Morgan fingerprint density at radius 2 is 2.06 bits per heavy atom. The quantitative estimate of drug-likeness (QED) is 0.836. The Morgan fingerprint density at radius 3 is 2.78 bits per heavy atom. The molecular formula is C13H14ClN3O. The predicted octanol–water partition coefficient (Wildman–Crippen LogP) is 3.06. The van der Waals surface area contributed by atoms with Crippen molar-refractivity contribution >= 4 is 17.3 Å². The van der Waals surface area contributed by atoms with Crippen LogP contribution in [0.1, 0.15) is 17.0 Å². The van der Waals surface area contributed by atoms with Crippen LogP contribution in [0.15, 0.2) is 24.4 Å². The van der Waals surface area contributed by atoms with Crippen molar-refractivity contribution in [1.82, 2.24) is 9.97 Å². The summed E-state index contributed by atoms with van der Waals surface area (Å²) in [5.74, 6) is 0.172. The topological polar surface area (TPSA) is 58.0 Å². The van der Waals surface area contributed by atoms with Crippen LogP contribution in [-0.2, 0) is 6.54 Å². The maximum absolute atomic E-state index is 9.70. The van der Waals surface area contributed by atoms with Gasteiger partial charge in [0.2, 0.25) is 0 Å². The Kier molecular flexibility index (Phi) is 3.67. The number of aromatic nitrogens is 2. The SMILES string of the molecule is Cc1ccc(O)c(CNc2c(C)ccnc2Cl)n1. The largest absolute Gasteiger partial charge is 0.506 e. The van der Waals surface area contributed by atoms with E-state index in [1.165, 1.54) is 0 Å². The highest BCUT2D eigenvalue weighted by molar-refractivity contribution is 6.32. The number of hydrogen-bond donors (Lipinski definition) is 2. The molecule has 0 aromatic carbocycles. The molecule has 2 N–H and O–H groups in total. The van der Waals surface area contributed by atoms with Crippen LogP contribution in [0, 0.1) is 13.8 Å². The van der Waals surface area contributed by atoms with Gasteiger partial charge < -0.3 is 10.4 Å². The summed E-state index contributed by atoms with van der Waals surface area (Å²) in [6, 6.07) is 5.27. The van der Waals surface area contributed by atoms with E-state index in [2.05, 4.69) is 15.3 Å². The van der Waals surface area contributed by atoms with Gasteiger partial charge in [0.25, 0.3) is 0 Å². The van der Waals surface area contributed by atoms with Crippen molar-refractivity contribution < 1.29 is 5.11 Å². The van der Waals surface area contributed by atoms with Gasteiger partial charge in [-0.15, -0.1) is 0 Å². The van der Waals surface area contributed by atoms with Gasteiger partial charge in [-0.3, -0.25) is 4.98 Å². The Bertz CT molecular complexity index is 552. The Balaban J connectivity index is 2.19. The average Bonchev–Trinajstić information content (AvgIpc) is 2.33. The fraction of sp³-hybridized carbons (Fsp3) is 0.231. The number of aryl methyl sites for hydroxylation is 2. The van der Waals surface area contributed by atoms with Crippen molar-refractivity contribution in [2.75, 3.05) is 5.32 Å². The van der Waals surface area contributed by atoms with E-state index in [0.29, 0.717) is 17.4 Å². The van der Waals surface area contributed by atoms with Gasteiger partial charge in [0.1, 0.15) is 11.4 Å². The van der Waals surface area contributed by atoms with E-state index in [1.807, 2.05) is 19.9 Å². The first-order valence-corrected chi connectivity index (χ1v) is 5.96. The molecule has 0 aliphatic rings. The lowest BCUT2D eigenvalue weighted by molar-refractivity contribution is 0.464. The molecule has 0 amide bonds. The zero-order valence-corrected chi connectivity index (χ0v) is 11.0. The maximum Gasteiger partial charge on any atom is 0.152 e. The van der Waals surface area contributed by atoms with Crippen LogP contribution in [0.4, 0.5) is 5.69 Å². The first-order valence-electron chi connectivity index (χ1n) is 5.58. The van der Waals surface area contributed by atoms with Crippen LogP contribution in [0.2, 0.25) is 5.15 Å². The summed E-state index contributed by atoms with van der Waals surface area (Å²) in [6.45, 7) is 4.23. The first kappa shape index (κ1) is 12.6. The summed E-state index contributed by atoms with van der Waals surface area (Å²) >= 11 is 6.01. The number of halogens is 1. The molecule has 0 fully saturated rings. The molecule has 0 saturated carbocycles. The average molecular weight is 264 g/mol. The lowest BCUT2D eigenvalue weighted by Crippen LogP contribution is -2.05. The Hall–Kier alpha value is -1.81. The fourth-order valence-electron chi connectivity index (χ4n) is 1.64. The Labute approximate surface area is 111 Å². The molecule has 5 heteroatoms. The van der Waals surface area contributed by atoms with Gasteiger partial charge in [0.15, 0.2) is 5.15 Å². The molecule has 0 saturated heterocycles. The molecule has 18 heavy (non-hydrogen) atoms. The van der Waals surface area contributed by atoms with Crippen LogP contribution in [0.5, 0.6) is 5.75 Å². The summed E-state index contributed by atoms with van der Waals surface area (Å²) in [5.41, 5.74) is 3.22. The number of nitrogens with one attached hydrogen (secondary N) is 1. The van der Waals surface area contributed by atoms with E-state index in [9.17, 15) is 5.11 Å². The van der Waals surface area contributed by atoms with Crippen molar-refractivity contribution in [3.63, 3.8) is 0 Å². The van der Waals surface area contributed by atoms with Crippen LogP contribution in [0.3, 0.4) is 0 Å². The van der Waals surface area contributed by atoms with Crippen molar-refractivity contribution in [2.45, 2.75) is 20.4 Å². The summed E-state index contributed by atoms with van der Waals surface area (Å²) in [6.07, 6.45) is 1.66. The molecule has 0 aliphatic heterocycles. The second-order valence-electron chi connectivity index (χ2n) is 4.07. The summed E-state index contributed by atoms with van der Waals surface area (Å²) in [5, 5.41) is 13.3. The van der Waals surface area contributed by atoms with Crippen molar-refractivity contribution in [3.8, 4) is 5.75 Å². The van der Waals surface area contributed by atoms with Crippen LogP contribution in [0.25, 0.3) is 0 Å². The zero-order chi connectivity index (χ0) is 13.1. The number of hydrogen-bond acceptors (Lipinski definition) is 4. The number of rotatable bonds is 3. The summed E-state index contributed by atoms with van der Waals surface area (Å²) < 4.78 is 0. The molecule has 0 atom stereocenters. The minimum atomic E-state index is 0.172. The minimum absolute atomic E-state index is 0.172. The molecule has 4 nitrogen and oxygen atoms in total. The van der Waals surface area contributed by atoms with Crippen LogP contribution in [-0.4, -0.2) is 15.1 Å². The first-order chi connectivity index (χ1) is 8.58. The van der Waals surface area contributed by atoms with E-state index in [4.69, 9.17) is 11.6 Å². The molecule has 94 valence electrons. The number of anilines is 1. The van der Waals surface area contributed by atoms with Crippen molar-refractivity contribution in [1.29, 1.82) is 0 Å². The highest BCUT2D eigenvalue weighted by Crippen LogP contribution is 2.24. The third kappa shape index (κ3) is 2.71. The van der Waals surface area contributed by atoms with Crippen LogP contribution >= 0.6 is 11.6 Å². The number of aromatic hydroxyl groups is 1. The molecule has 0 unspecified atom stereocenters. The van der Waals surface area contributed by atoms with E-state index in [1.54, 1.807) is 18.3 Å². The lowest BCUT2D eigenvalue weighted by atomic mass is 10.2. The molecule has 0 bridgehead atoms. The third-order valence-corrected chi connectivity index (χ3v) is 2.92. The highest BCUT2D eigenvalue weighted by atomic mass is 35.5. The number of pyridine rings is 2. The molecular weight excluding hydrogens is 250 g/mol.